The first-order valence-corrected chi connectivity index (χ1v) is 8.11. The number of benzene rings is 1. The largest absolute Gasteiger partial charge is 0.478 e. The lowest BCUT2D eigenvalue weighted by Gasteiger charge is -2.22. The molecule has 1 fully saturated rings. The van der Waals surface area contributed by atoms with Gasteiger partial charge in [0.25, 0.3) is 0 Å². The minimum Gasteiger partial charge on any atom is -0.478 e. The van der Waals surface area contributed by atoms with E-state index in [9.17, 15) is 13.2 Å². The van der Waals surface area contributed by atoms with Crippen LogP contribution in [0.5, 0.6) is 0 Å². The quantitative estimate of drug-likeness (QED) is 0.904. The molecule has 0 saturated carbocycles. The molecule has 1 saturated heterocycles. The van der Waals surface area contributed by atoms with Crippen molar-refractivity contribution in [1.29, 1.82) is 0 Å². The molecule has 0 amide bonds. The van der Waals surface area contributed by atoms with Gasteiger partial charge in [0.05, 0.1) is 15.7 Å². The van der Waals surface area contributed by atoms with Crippen LogP contribution in [0, 0.1) is 0 Å². The average molecular weight is 349 g/mol. The second-order valence-corrected chi connectivity index (χ2v) is 7.39. The molecule has 0 aromatic heterocycles. The van der Waals surface area contributed by atoms with E-state index in [-0.39, 0.29) is 10.5 Å². The summed E-state index contributed by atoms with van der Waals surface area (Å²) in [5, 5.41) is 8.53. The van der Waals surface area contributed by atoms with E-state index in [1.807, 2.05) is 0 Å². The fraction of sp³-hybridized carbons (Fsp3) is 0.417. The maximum absolute atomic E-state index is 12.4. The van der Waals surface area contributed by atoms with Crippen molar-refractivity contribution >= 4 is 31.7 Å². The van der Waals surface area contributed by atoms with E-state index in [0.717, 1.165) is 0 Å². The summed E-state index contributed by atoms with van der Waals surface area (Å²) in [7, 11) is -3.50. The zero-order valence-electron chi connectivity index (χ0n) is 10.0. The third-order valence-corrected chi connectivity index (χ3v) is 6.06. The predicted molar refractivity (Wildman–Crippen MR) is 72.1 cm³/mol. The van der Waals surface area contributed by atoms with Gasteiger partial charge in [-0.25, -0.2) is 13.2 Å². The van der Waals surface area contributed by atoms with Gasteiger partial charge in [0.15, 0.2) is 9.84 Å². The zero-order chi connectivity index (χ0) is 14.0. The lowest BCUT2D eigenvalue weighted by Crippen LogP contribution is -2.29. The molecule has 1 aliphatic heterocycles. The Kier molecular flexibility index (Phi) is 4.27. The highest BCUT2D eigenvalue weighted by Crippen LogP contribution is 2.27. The molecule has 1 aromatic rings. The van der Waals surface area contributed by atoms with Gasteiger partial charge in [-0.2, -0.15) is 0 Å². The van der Waals surface area contributed by atoms with Crippen LogP contribution in [0.25, 0.3) is 0 Å². The molecular weight excluding hydrogens is 336 g/mol. The van der Waals surface area contributed by atoms with E-state index >= 15 is 0 Å². The van der Waals surface area contributed by atoms with Gasteiger partial charge in [0.1, 0.15) is 0 Å². The first kappa shape index (κ1) is 14.5. The molecular formula is C12H13BrO5S. The van der Waals surface area contributed by atoms with Gasteiger partial charge >= 0.3 is 5.97 Å². The van der Waals surface area contributed by atoms with Crippen molar-refractivity contribution in [2.45, 2.75) is 23.0 Å². The summed E-state index contributed by atoms with van der Waals surface area (Å²) >= 11 is 3.10. The molecule has 104 valence electrons. The highest BCUT2D eigenvalue weighted by molar-refractivity contribution is 9.10. The van der Waals surface area contributed by atoms with Crippen LogP contribution in [0.4, 0.5) is 0 Å². The lowest BCUT2D eigenvalue weighted by atomic mass is 10.2. The van der Waals surface area contributed by atoms with Crippen LogP contribution in [0.15, 0.2) is 27.6 Å². The normalized spacial score (nSPS) is 17.3. The van der Waals surface area contributed by atoms with Crippen LogP contribution in [-0.4, -0.2) is 38.0 Å². The van der Waals surface area contributed by atoms with E-state index in [1.54, 1.807) is 0 Å². The number of carboxylic acids is 1. The number of aromatic carboxylic acids is 1. The van der Waals surface area contributed by atoms with E-state index in [1.165, 1.54) is 18.2 Å². The van der Waals surface area contributed by atoms with Gasteiger partial charge in [-0.15, -0.1) is 0 Å². The third-order valence-electron chi connectivity index (χ3n) is 3.10. The van der Waals surface area contributed by atoms with Crippen LogP contribution in [0.1, 0.15) is 23.2 Å². The van der Waals surface area contributed by atoms with E-state index in [0.29, 0.717) is 30.5 Å². The van der Waals surface area contributed by atoms with E-state index < -0.39 is 21.1 Å². The minimum absolute atomic E-state index is 0.0480. The lowest BCUT2D eigenvalue weighted by molar-refractivity contribution is 0.0695. The zero-order valence-corrected chi connectivity index (χ0v) is 12.4. The summed E-state index contributed by atoms with van der Waals surface area (Å²) < 4.78 is 30.3. The molecule has 0 unspecified atom stereocenters. The molecule has 0 bridgehead atoms. The summed E-state index contributed by atoms with van der Waals surface area (Å²) in [4.78, 5) is 11.1. The van der Waals surface area contributed by atoms with Gasteiger partial charge in [-0.3, -0.25) is 0 Å². The Morgan fingerprint density at radius 2 is 1.95 bits per heavy atom. The first-order chi connectivity index (χ1) is 8.93. The number of hydrogen-bond donors (Lipinski definition) is 1. The Hall–Kier alpha value is -0.920. The van der Waals surface area contributed by atoms with Crippen LogP contribution in [-0.2, 0) is 14.6 Å². The monoisotopic (exact) mass is 348 g/mol. The third kappa shape index (κ3) is 2.98. The Morgan fingerprint density at radius 3 is 2.53 bits per heavy atom. The van der Waals surface area contributed by atoms with Gasteiger partial charge in [-0.1, -0.05) is 0 Å². The van der Waals surface area contributed by atoms with Crippen LogP contribution >= 0.6 is 15.9 Å². The molecule has 1 aromatic carbocycles. The number of hydrogen-bond acceptors (Lipinski definition) is 4. The fourth-order valence-electron chi connectivity index (χ4n) is 2.02. The summed E-state index contributed by atoms with van der Waals surface area (Å²) in [5.41, 5.74) is -0.0480. The predicted octanol–water partition coefficient (Wildman–Crippen LogP) is 2.10. The molecule has 1 N–H and O–H groups in total. The Morgan fingerprint density at radius 1 is 1.32 bits per heavy atom. The maximum Gasteiger partial charge on any atom is 0.336 e. The van der Waals surface area contributed by atoms with Crippen LogP contribution in [0.3, 0.4) is 0 Å². The molecule has 0 radical (unpaired) electrons. The molecule has 1 aliphatic rings. The molecule has 2 rings (SSSR count). The Balaban J connectivity index is 2.40. The molecule has 0 aliphatic carbocycles. The summed E-state index contributed by atoms with van der Waals surface area (Å²) in [6, 6.07) is 4.09. The Bertz CT molecular complexity index is 590. The van der Waals surface area contributed by atoms with Crippen molar-refractivity contribution in [3.05, 3.63) is 28.2 Å². The van der Waals surface area contributed by atoms with Crippen molar-refractivity contribution in [2.75, 3.05) is 13.2 Å². The number of carboxylic acid groups (broad SMARTS) is 1. The number of sulfone groups is 1. The summed E-state index contributed by atoms with van der Waals surface area (Å²) in [6.45, 7) is 0.846. The number of ether oxygens (including phenoxy) is 1. The molecule has 5 nitrogen and oxygen atoms in total. The smallest absolute Gasteiger partial charge is 0.336 e. The SMILES string of the molecule is O=C(O)c1cc(S(=O)(=O)C2CCOCC2)ccc1Br. The van der Waals surface area contributed by atoms with Gasteiger partial charge in [-0.05, 0) is 47.0 Å². The number of carbonyl (C=O) groups is 1. The van der Waals surface area contributed by atoms with Crippen molar-refractivity contribution in [1.82, 2.24) is 0 Å². The van der Waals surface area contributed by atoms with Gasteiger partial charge in [0, 0.05) is 17.7 Å². The average Bonchev–Trinajstić information content (AvgIpc) is 2.39. The van der Waals surface area contributed by atoms with E-state index in [4.69, 9.17) is 9.84 Å². The second kappa shape index (κ2) is 5.60. The Labute approximate surface area is 119 Å². The first-order valence-electron chi connectivity index (χ1n) is 5.77. The summed E-state index contributed by atoms with van der Waals surface area (Å²) in [5.74, 6) is -1.16. The van der Waals surface area contributed by atoms with Gasteiger partial charge in [0.2, 0.25) is 0 Å². The fourth-order valence-corrected chi connectivity index (χ4v) is 4.18. The molecule has 0 atom stereocenters. The highest BCUT2D eigenvalue weighted by atomic mass is 79.9. The van der Waals surface area contributed by atoms with Crippen molar-refractivity contribution < 1.29 is 23.1 Å². The topological polar surface area (TPSA) is 80.7 Å². The number of rotatable bonds is 3. The van der Waals surface area contributed by atoms with Crippen molar-refractivity contribution in [3.63, 3.8) is 0 Å². The summed E-state index contributed by atoms with van der Waals surface area (Å²) in [6.07, 6.45) is 0.890. The van der Waals surface area contributed by atoms with Gasteiger partial charge < -0.3 is 9.84 Å². The molecule has 0 spiro atoms. The standard InChI is InChI=1S/C12H13BrO5S/c13-11-2-1-9(7-10(11)12(14)15)19(16,17)8-3-5-18-6-4-8/h1-2,7-8H,3-6H2,(H,14,15). The van der Waals surface area contributed by atoms with Crippen LogP contribution < -0.4 is 0 Å². The molecule has 1 heterocycles. The number of halogens is 1. The highest BCUT2D eigenvalue weighted by Gasteiger charge is 2.30. The second-order valence-electron chi connectivity index (χ2n) is 4.30. The van der Waals surface area contributed by atoms with Crippen molar-refractivity contribution in [2.24, 2.45) is 0 Å². The maximum atomic E-state index is 12.4. The van der Waals surface area contributed by atoms with Crippen LogP contribution in [0.2, 0.25) is 0 Å². The molecule has 7 heteroatoms. The van der Waals surface area contributed by atoms with Crippen molar-refractivity contribution in [3.8, 4) is 0 Å². The molecule has 19 heavy (non-hydrogen) atoms. The minimum atomic E-state index is -3.50. The van der Waals surface area contributed by atoms with E-state index in [2.05, 4.69) is 15.9 Å².